The van der Waals surface area contributed by atoms with Gasteiger partial charge in [0, 0.05) is 17.7 Å². The van der Waals surface area contributed by atoms with Crippen LogP contribution >= 0.6 is 23.4 Å². The summed E-state index contributed by atoms with van der Waals surface area (Å²) in [4.78, 5) is 4.77. The third-order valence-electron chi connectivity index (χ3n) is 4.86. The topological polar surface area (TPSA) is 52.8 Å². The lowest BCUT2D eigenvalue weighted by Crippen LogP contribution is -2.01. The minimum absolute atomic E-state index is 0.620. The first-order valence-electron chi connectivity index (χ1n) is 9.37. The molecule has 4 aromatic rings. The molecule has 0 saturated heterocycles. The van der Waals surface area contributed by atoms with Gasteiger partial charge in [-0.3, -0.25) is 4.98 Å². The van der Waals surface area contributed by atoms with Crippen LogP contribution in [-0.2, 0) is 12.3 Å². The zero-order chi connectivity index (χ0) is 20.4. The molecule has 4 rings (SSSR count). The maximum atomic E-state index is 6.62. The zero-order valence-electron chi connectivity index (χ0n) is 16.5. The largest absolute Gasteiger partial charge is 0.496 e. The molecule has 7 heteroatoms. The van der Waals surface area contributed by atoms with Crippen molar-refractivity contribution in [2.24, 2.45) is 0 Å². The number of ether oxygens (including phenoxy) is 1. The van der Waals surface area contributed by atoms with E-state index in [4.69, 9.17) is 21.3 Å². The van der Waals surface area contributed by atoms with Crippen molar-refractivity contribution in [3.05, 3.63) is 64.8 Å². The van der Waals surface area contributed by atoms with Crippen molar-refractivity contribution in [3.63, 3.8) is 0 Å². The van der Waals surface area contributed by atoms with E-state index in [9.17, 15) is 0 Å². The average Bonchev–Trinajstić information content (AvgIpc) is 3.18. The van der Waals surface area contributed by atoms with Crippen LogP contribution in [0.25, 0.3) is 22.3 Å². The SMILES string of the molecule is CCn1c(SCc2nc3ccccc3c(C)c2Cl)nnc1-c1ccccc1OC. The van der Waals surface area contributed by atoms with Crippen LogP contribution in [0.15, 0.2) is 53.7 Å². The van der Waals surface area contributed by atoms with Crippen LogP contribution in [0, 0.1) is 6.92 Å². The Morgan fingerprint density at radius 3 is 2.62 bits per heavy atom. The first kappa shape index (κ1) is 19.7. The minimum atomic E-state index is 0.620. The number of para-hydroxylation sites is 2. The molecular formula is C22H21ClN4OS. The third-order valence-corrected chi connectivity index (χ3v) is 6.34. The van der Waals surface area contributed by atoms with Gasteiger partial charge in [-0.1, -0.05) is 53.7 Å². The standard InChI is InChI=1S/C22H21ClN4OS/c1-4-27-21(16-10-6-8-12-19(16)28-3)25-26-22(27)29-13-18-20(23)14(2)15-9-5-7-11-17(15)24-18/h5-12H,4,13H2,1-3H3. The van der Waals surface area contributed by atoms with E-state index in [1.54, 1.807) is 18.9 Å². The maximum Gasteiger partial charge on any atom is 0.191 e. The number of rotatable bonds is 6. The fourth-order valence-corrected chi connectivity index (χ4v) is 4.59. The molecule has 29 heavy (non-hydrogen) atoms. The predicted molar refractivity (Wildman–Crippen MR) is 119 cm³/mol. The molecule has 0 aliphatic carbocycles. The molecule has 0 aliphatic heterocycles. The molecule has 2 heterocycles. The van der Waals surface area contributed by atoms with Crippen molar-refractivity contribution in [1.82, 2.24) is 19.7 Å². The fourth-order valence-electron chi connectivity index (χ4n) is 3.36. The van der Waals surface area contributed by atoms with E-state index in [0.717, 1.165) is 51.0 Å². The van der Waals surface area contributed by atoms with E-state index in [-0.39, 0.29) is 0 Å². The normalized spacial score (nSPS) is 11.2. The molecule has 0 fully saturated rings. The van der Waals surface area contributed by atoms with Crippen LogP contribution in [0.2, 0.25) is 5.02 Å². The summed E-state index contributed by atoms with van der Waals surface area (Å²) < 4.78 is 7.58. The first-order valence-corrected chi connectivity index (χ1v) is 10.7. The molecule has 0 N–H and O–H groups in total. The van der Waals surface area contributed by atoms with Crippen molar-refractivity contribution in [2.75, 3.05) is 7.11 Å². The Hall–Kier alpha value is -2.57. The number of halogens is 1. The number of nitrogens with zero attached hydrogens (tertiary/aromatic N) is 4. The Bertz CT molecular complexity index is 1170. The van der Waals surface area contributed by atoms with Gasteiger partial charge in [-0.2, -0.15) is 0 Å². The van der Waals surface area contributed by atoms with E-state index in [1.165, 1.54) is 0 Å². The van der Waals surface area contributed by atoms with Crippen LogP contribution in [0.4, 0.5) is 0 Å². The van der Waals surface area contributed by atoms with Crippen LogP contribution < -0.4 is 4.74 Å². The number of hydrogen-bond donors (Lipinski definition) is 0. The smallest absolute Gasteiger partial charge is 0.191 e. The number of thioether (sulfide) groups is 1. The molecule has 148 valence electrons. The molecule has 2 aromatic heterocycles. The lowest BCUT2D eigenvalue weighted by molar-refractivity contribution is 0.416. The highest BCUT2D eigenvalue weighted by Crippen LogP contribution is 2.34. The van der Waals surface area contributed by atoms with Crippen molar-refractivity contribution in [3.8, 4) is 17.1 Å². The minimum Gasteiger partial charge on any atom is -0.496 e. The Morgan fingerprint density at radius 1 is 1.07 bits per heavy atom. The van der Waals surface area contributed by atoms with Crippen molar-refractivity contribution in [2.45, 2.75) is 31.3 Å². The van der Waals surface area contributed by atoms with Gasteiger partial charge >= 0.3 is 0 Å². The van der Waals surface area contributed by atoms with Crippen molar-refractivity contribution < 1.29 is 4.74 Å². The molecule has 5 nitrogen and oxygen atoms in total. The van der Waals surface area contributed by atoms with Gasteiger partial charge in [-0.25, -0.2) is 0 Å². The second kappa shape index (κ2) is 8.43. The summed E-state index contributed by atoms with van der Waals surface area (Å²) >= 11 is 8.20. The average molecular weight is 425 g/mol. The van der Waals surface area contributed by atoms with Crippen molar-refractivity contribution >= 4 is 34.3 Å². The predicted octanol–water partition coefficient (Wildman–Crippen LogP) is 5.78. The van der Waals surface area contributed by atoms with Crippen LogP contribution in [-0.4, -0.2) is 26.9 Å². The second-order valence-electron chi connectivity index (χ2n) is 6.55. The summed E-state index contributed by atoms with van der Waals surface area (Å²) in [6.45, 7) is 4.87. The number of hydrogen-bond acceptors (Lipinski definition) is 5. The number of pyridine rings is 1. The zero-order valence-corrected chi connectivity index (χ0v) is 18.1. The lowest BCUT2D eigenvalue weighted by Gasteiger charge is -2.11. The van der Waals surface area contributed by atoms with E-state index in [1.807, 2.05) is 55.5 Å². The van der Waals surface area contributed by atoms with Crippen LogP contribution in [0.5, 0.6) is 5.75 Å². The van der Waals surface area contributed by atoms with Gasteiger partial charge in [0.25, 0.3) is 0 Å². The molecule has 0 atom stereocenters. The number of methoxy groups -OCH3 is 1. The fraction of sp³-hybridized carbons (Fsp3) is 0.227. The summed E-state index contributed by atoms with van der Waals surface area (Å²) in [5.41, 5.74) is 3.79. The highest BCUT2D eigenvalue weighted by Gasteiger charge is 2.18. The van der Waals surface area contributed by atoms with Gasteiger partial charge in [0.15, 0.2) is 11.0 Å². The Balaban J connectivity index is 1.66. The summed E-state index contributed by atoms with van der Waals surface area (Å²) in [5.74, 6) is 2.19. The van der Waals surface area contributed by atoms with Gasteiger partial charge < -0.3 is 9.30 Å². The maximum absolute atomic E-state index is 6.62. The first-order chi connectivity index (χ1) is 14.1. The number of aryl methyl sites for hydroxylation is 1. The van der Waals surface area contributed by atoms with Gasteiger partial charge in [0.1, 0.15) is 5.75 Å². The molecule has 0 amide bonds. The van der Waals surface area contributed by atoms with Gasteiger partial charge in [0.05, 0.1) is 28.9 Å². The molecule has 0 unspecified atom stereocenters. The molecule has 0 bridgehead atoms. The molecule has 0 spiro atoms. The van der Waals surface area contributed by atoms with Gasteiger partial charge in [-0.05, 0) is 37.6 Å². The van der Waals surface area contributed by atoms with Crippen molar-refractivity contribution in [1.29, 1.82) is 0 Å². The number of benzene rings is 2. The quantitative estimate of drug-likeness (QED) is 0.367. The summed E-state index contributed by atoms with van der Waals surface area (Å²) in [5, 5.41) is 11.5. The van der Waals surface area contributed by atoms with E-state index < -0.39 is 0 Å². The summed E-state index contributed by atoms with van der Waals surface area (Å²) in [7, 11) is 1.66. The molecular weight excluding hydrogens is 404 g/mol. The van der Waals surface area contributed by atoms with E-state index in [0.29, 0.717) is 10.8 Å². The Morgan fingerprint density at radius 2 is 1.83 bits per heavy atom. The molecule has 0 saturated carbocycles. The Kier molecular flexibility index (Phi) is 5.74. The Labute approximate surface area is 179 Å². The lowest BCUT2D eigenvalue weighted by atomic mass is 10.1. The van der Waals surface area contributed by atoms with E-state index in [2.05, 4.69) is 21.7 Å². The summed E-state index contributed by atoms with van der Waals surface area (Å²) in [6.07, 6.45) is 0. The number of aromatic nitrogens is 4. The molecule has 0 radical (unpaired) electrons. The van der Waals surface area contributed by atoms with Crippen LogP contribution in [0.1, 0.15) is 18.2 Å². The number of fused-ring (bicyclic) bond motifs is 1. The van der Waals surface area contributed by atoms with Crippen LogP contribution in [0.3, 0.4) is 0 Å². The summed E-state index contributed by atoms with van der Waals surface area (Å²) in [6, 6.07) is 15.9. The van der Waals surface area contributed by atoms with Gasteiger partial charge in [0.2, 0.25) is 0 Å². The monoisotopic (exact) mass is 424 g/mol. The highest BCUT2D eigenvalue weighted by molar-refractivity contribution is 7.98. The van der Waals surface area contributed by atoms with Gasteiger partial charge in [-0.15, -0.1) is 10.2 Å². The molecule has 0 aliphatic rings. The highest BCUT2D eigenvalue weighted by atomic mass is 35.5. The second-order valence-corrected chi connectivity index (χ2v) is 7.87. The van der Waals surface area contributed by atoms with E-state index >= 15 is 0 Å². The third kappa shape index (κ3) is 3.70. The molecule has 2 aromatic carbocycles.